The normalized spacial score (nSPS) is 10.0. The van der Waals surface area contributed by atoms with Gasteiger partial charge in [-0.3, -0.25) is 0 Å². The molecule has 0 radical (unpaired) electrons. The van der Waals surface area contributed by atoms with Crippen LogP contribution in [0.1, 0.15) is 10.4 Å². The van der Waals surface area contributed by atoms with E-state index in [1.165, 1.54) is 26.4 Å². The first kappa shape index (κ1) is 15.0. The monoisotopic (exact) mass is 307 g/mol. The van der Waals surface area contributed by atoms with E-state index in [9.17, 15) is 4.79 Å². The molecule has 2 aromatic rings. The van der Waals surface area contributed by atoms with Crippen molar-refractivity contribution in [3.8, 4) is 11.5 Å². The fraction of sp³-hybridized carbons (Fsp3) is 0.133. The maximum Gasteiger partial charge on any atom is 0.335 e. The molecule has 0 saturated heterocycles. The Kier molecular flexibility index (Phi) is 4.55. The lowest BCUT2D eigenvalue weighted by molar-refractivity contribution is 0.0697. The Balaban J connectivity index is 2.31. The van der Waals surface area contributed by atoms with Gasteiger partial charge in [-0.2, -0.15) is 0 Å². The first-order valence-corrected chi connectivity index (χ1v) is 6.45. The Bertz CT molecular complexity index is 655. The molecule has 0 heterocycles. The van der Waals surface area contributed by atoms with Crippen LogP contribution in [0, 0.1) is 0 Å². The lowest BCUT2D eigenvalue weighted by Gasteiger charge is -2.14. The van der Waals surface area contributed by atoms with Gasteiger partial charge in [-0.25, -0.2) is 4.79 Å². The topological polar surface area (TPSA) is 67.8 Å². The molecule has 0 spiro atoms. The van der Waals surface area contributed by atoms with Gasteiger partial charge in [0.05, 0.1) is 30.5 Å². The van der Waals surface area contributed by atoms with E-state index in [0.717, 1.165) is 5.69 Å². The number of benzene rings is 2. The van der Waals surface area contributed by atoms with Crippen molar-refractivity contribution >= 4 is 28.9 Å². The molecule has 0 bridgehead atoms. The number of hydrogen-bond acceptors (Lipinski definition) is 4. The second-order valence-electron chi connectivity index (χ2n) is 4.19. The Morgan fingerprint density at radius 3 is 2.24 bits per heavy atom. The molecule has 0 unspecified atom stereocenters. The van der Waals surface area contributed by atoms with E-state index in [0.29, 0.717) is 22.2 Å². The van der Waals surface area contributed by atoms with Crippen LogP contribution in [0.25, 0.3) is 0 Å². The minimum atomic E-state index is -0.965. The molecule has 0 amide bonds. The van der Waals surface area contributed by atoms with Crippen LogP contribution in [0.3, 0.4) is 0 Å². The number of carboxylic acids is 1. The molecular weight excluding hydrogens is 294 g/mol. The first-order valence-electron chi connectivity index (χ1n) is 6.07. The van der Waals surface area contributed by atoms with E-state index >= 15 is 0 Å². The molecule has 0 aromatic heterocycles. The zero-order valence-corrected chi connectivity index (χ0v) is 12.3. The minimum Gasteiger partial charge on any atom is -0.495 e. The predicted molar refractivity (Wildman–Crippen MR) is 81.2 cm³/mol. The number of ether oxygens (including phenoxy) is 2. The van der Waals surface area contributed by atoms with Crippen LogP contribution in [0.5, 0.6) is 11.5 Å². The highest BCUT2D eigenvalue weighted by Crippen LogP contribution is 2.37. The molecular formula is C15H14ClNO4. The van der Waals surface area contributed by atoms with Crippen molar-refractivity contribution in [3.63, 3.8) is 0 Å². The van der Waals surface area contributed by atoms with Gasteiger partial charge in [-0.1, -0.05) is 11.6 Å². The molecule has 2 aromatic carbocycles. The molecule has 21 heavy (non-hydrogen) atoms. The summed E-state index contributed by atoms with van der Waals surface area (Å²) in [6, 6.07) is 9.74. The highest BCUT2D eigenvalue weighted by Gasteiger charge is 2.10. The third-order valence-corrected chi connectivity index (χ3v) is 3.18. The first-order chi connectivity index (χ1) is 10.0. The van der Waals surface area contributed by atoms with Gasteiger partial charge in [0.15, 0.2) is 0 Å². The summed E-state index contributed by atoms with van der Waals surface area (Å²) < 4.78 is 10.4. The third-order valence-electron chi connectivity index (χ3n) is 2.88. The molecule has 6 heteroatoms. The molecule has 2 N–H and O–H groups in total. The third kappa shape index (κ3) is 3.38. The zero-order valence-electron chi connectivity index (χ0n) is 11.5. The molecule has 0 atom stereocenters. The molecule has 0 aliphatic heterocycles. The van der Waals surface area contributed by atoms with E-state index in [4.69, 9.17) is 26.2 Å². The summed E-state index contributed by atoms with van der Waals surface area (Å²) >= 11 is 6.04. The van der Waals surface area contributed by atoms with Crippen molar-refractivity contribution in [2.24, 2.45) is 0 Å². The van der Waals surface area contributed by atoms with Crippen molar-refractivity contribution in [2.45, 2.75) is 0 Å². The smallest absolute Gasteiger partial charge is 0.335 e. The zero-order chi connectivity index (χ0) is 15.4. The van der Waals surface area contributed by atoms with Gasteiger partial charge in [0.2, 0.25) is 0 Å². The molecule has 2 rings (SSSR count). The van der Waals surface area contributed by atoms with Gasteiger partial charge in [0, 0.05) is 17.8 Å². The fourth-order valence-corrected chi connectivity index (χ4v) is 2.04. The standard InChI is InChI=1S/C15H14ClNO4/c1-20-13-8-12(14(21-2)7-11(13)16)17-10-5-3-9(4-6-10)15(18)19/h3-8,17H,1-2H3,(H,18,19). The Hall–Kier alpha value is -2.40. The number of aromatic carboxylic acids is 1. The van der Waals surface area contributed by atoms with Gasteiger partial charge < -0.3 is 19.9 Å². The van der Waals surface area contributed by atoms with Crippen LogP contribution < -0.4 is 14.8 Å². The van der Waals surface area contributed by atoms with Crippen molar-refractivity contribution in [1.82, 2.24) is 0 Å². The molecule has 110 valence electrons. The average molecular weight is 308 g/mol. The summed E-state index contributed by atoms with van der Waals surface area (Å²) in [7, 11) is 3.07. The minimum absolute atomic E-state index is 0.223. The summed E-state index contributed by atoms with van der Waals surface area (Å²) in [5.41, 5.74) is 1.62. The molecule has 0 aliphatic carbocycles. The van der Waals surface area contributed by atoms with Gasteiger partial charge in [0.25, 0.3) is 0 Å². The number of halogens is 1. The predicted octanol–water partition coefficient (Wildman–Crippen LogP) is 3.80. The van der Waals surface area contributed by atoms with Crippen LogP contribution in [0.15, 0.2) is 36.4 Å². The Labute approximate surface area is 127 Å². The number of carbonyl (C=O) groups is 1. The van der Waals surface area contributed by atoms with Crippen LogP contribution in [0.4, 0.5) is 11.4 Å². The van der Waals surface area contributed by atoms with E-state index in [1.807, 2.05) is 0 Å². The van der Waals surface area contributed by atoms with E-state index in [-0.39, 0.29) is 5.56 Å². The molecule has 5 nitrogen and oxygen atoms in total. The van der Waals surface area contributed by atoms with Gasteiger partial charge >= 0.3 is 5.97 Å². The van der Waals surface area contributed by atoms with Crippen molar-refractivity contribution in [1.29, 1.82) is 0 Å². The highest BCUT2D eigenvalue weighted by molar-refractivity contribution is 6.32. The second kappa shape index (κ2) is 6.37. The van der Waals surface area contributed by atoms with Crippen LogP contribution in [0.2, 0.25) is 5.02 Å². The molecule has 0 saturated carbocycles. The lowest BCUT2D eigenvalue weighted by Crippen LogP contribution is -1.98. The highest BCUT2D eigenvalue weighted by atomic mass is 35.5. The Morgan fingerprint density at radius 1 is 1.10 bits per heavy atom. The maximum absolute atomic E-state index is 10.8. The van der Waals surface area contributed by atoms with Crippen molar-refractivity contribution in [2.75, 3.05) is 19.5 Å². The summed E-state index contributed by atoms with van der Waals surface area (Å²) in [5, 5.41) is 12.5. The molecule has 0 fully saturated rings. The van der Waals surface area contributed by atoms with Gasteiger partial charge in [-0.05, 0) is 24.3 Å². The fourth-order valence-electron chi connectivity index (χ4n) is 1.81. The average Bonchev–Trinajstić information content (AvgIpc) is 2.49. The number of carboxylic acid groups (broad SMARTS) is 1. The van der Waals surface area contributed by atoms with Crippen LogP contribution >= 0.6 is 11.6 Å². The molecule has 0 aliphatic rings. The van der Waals surface area contributed by atoms with Gasteiger partial charge in [-0.15, -0.1) is 0 Å². The summed E-state index contributed by atoms with van der Waals surface area (Å²) in [4.78, 5) is 10.8. The summed E-state index contributed by atoms with van der Waals surface area (Å²) in [6.45, 7) is 0. The number of methoxy groups -OCH3 is 2. The van der Waals surface area contributed by atoms with Crippen LogP contribution in [-0.2, 0) is 0 Å². The van der Waals surface area contributed by atoms with Gasteiger partial charge in [0.1, 0.15) is 11.5 Å². The number of hydrogen-bond donors (Lipinski definition) is 2. The second-order valence-corrected chi connectivity index (χ2v) is 4.60. The SMILES string of the molecule is COc1cc(Nc2ccc(C(=O)O)cc2)c(OC)cc1Cl. The lowest BCUT2D eigenvalue weighted by atomic mass is 10.2. The quantitative estimate of drug-likeness (QED) is 0.879. The van der Waals surface area contributed by atoms with E-state index in [2.05, 4.69) is 5.32 Å². The number of anilines is 2. The number of nitrogens with one attached hydrogen (secondary N) is 1. The van der Waals surface area contributed by atoms with Crippen molar-refractivity contribution < 1.29 is 19.4 Å². The van der Waals surface area contributed by atoms with Crippen LogP contribution in [-0.4, -0.2) is 25.3 Å². The van der Waals surface area contributed by atoms with E-state index < -0.39 is 5.97 Å². The largest absolute Gasteiger partial charge is 0.495 e. The summed E-state index contributed by atoms with van der Waals surface area (Å²) in [6.07, 6.45) is 0. The maximum atomic E-state index is 10.8. The van der Waals surface area contributed by atoms with Crippen molar-refractivity contribution in [3.05, 3.63) is 47.0 Å². The van der Waals surface area contributed by atoms with E-state index in [1.54, 1.807) is 24.3 Å². The Morgan fingerprint density at radius 2 is 1.71 bits per heavy atom. The summed E-state index contributed by atoms with van der Waals surface area (Å²) in [5.74, 6) is 0.109. The number of rotatable bonds is 5.